The van der Waals surface area contributed by atoms with Crippen molar-refractivity contribution in [2.45, 2.75) is 6.42 Å². The van der Waals surface area contributed by atoms with E-state index in [1.165, 1.54) is 18.2 Å². The Labute approximate surface area is 127 Å². The fourth-order valence-corrected chi connectivity index (χ4v) is 3.43. The Bertz CT molecular complexity index is 593. The van der Waals surface area contributed by atoms with Crippen LogP contribution in [0.2, 0.25) is 5.02 Å². The van der Waals surface area contributed by atoms with E-state index in [1.54, 1.807) is 4.90 Å². The molecule has 3 rings (SSSR count). The van der Waals surface area contributed by atoms with Gasteiger partial charge in [0.05, 0.1) is 4.92 Å². The lowest BCUT2D eigenvalue weighted by Gasteiger charge is -2.34. The zero-order valence-corrected chi connectivity index (χ0v) is 12.2. The number of nitrogens with one attached hydrogen (secondary N) is 1. The van der Waals surface area contributed by atoms with Crippen molar-refractivity contribution < 1.29 is 9.72 Å². The van der Waals surface area contributed by atoms with Gasteiger partial charge in [0, 0.05) is 35.8 Å². The average Bonchev–Trinajstić information content (AvgIpc) is 2.93. The van der Waals surface area contributed by atoms with Gasteiger partial charge in [-0.3, -0.25) is 14.9 Å². The molecule has 2 saturated heterocycles. The predicted molar refractivity (Wildman–Crippen MR) is 78.5 cm³/mol. The number of nitrogens with zero attached hydrogens (tertiary/aromatic N) is 2. The van der Waals surface area contributed by atoms with Crippen molar-refractivity contribution in [3.63, 3.8) is 0 Å². The third kappa shape index (κ3) is 2.87. The van der Waals surface area contributed by atoms with E-state index in [-0.39, 0.29) is 16.6 Å². The van der Waals surface area contributed by atoms with Gasteiger partial charge in [-0.15, -0.1) is 0 Å². The summed E-state index contributed by atoms with van der Waals surface area (Å²) in [4.78, 5) is 24.7. The Morgan fingerprint density at radius 1 is 1.33 bits per heavy atom. The summed E-state index contributed by atoms with van der Waals surface area (Å²) in [6.45, 7) is 3.36. The zero-order chi connectivity index (χ0) is 15.0. The Morgan fingerprint density at radius 3 is 2.86 bits per heavy atom. The number of hydrogen-bond acceptors (Lipinski definition) is 4. The Balaban J connectivity index is 1.80. The zero-order valence-electron chi connectivity index (χ0n) is 11.4. The van der Waals surface area contributed by atoms with Crippen LogP contribution >= 0.6 is 11.6 Å². The first-order valence-electron chi connectivity index (χ1n) is 6.99. The standard InChI is InChI=1S/C14H16ClN3O3/c15-12-3-10(4-13(5-12)18(20)21)14(19)17-2-1-9-6-16-7-11(9)8-17/h3-5,9,11,16H,1-2,6-8H2. The average molecular weight is 310 g/mol. The molecule has 2 aliphatic rings. The lowest BCUT2D eigenvalue weighted by Crippen LogP contribution is -2.43. The number of nitro groups is 1. The molecule has 21 heavy (non-hydrogen) atoms. The predicted octanol–water partition coefficient (Wildman–Crippen LogP) is 1.93. The van der Waals surface area contributed by atoms with E-state index < -0.39 is 4.92 Å². The molecule has 112 valence electrons. The van der Waals surface area contributed by atoms with Crippen LogP contribution in [0.15, 0.2) is 18.2 Å². The highest BCUT2D eigenvalue weighted by molar-refractivity contribution is 6.31. The number of likely N-dealkylation sites (tertiary alicyclic amines) is 1. The van der Waals surface area contributed by atoms with E-state index in [2.05, 4.69) is 5.32 Å². The van der Waals surface area contributed by atoms with Crippen LogP contribution in [0, 0.1) is 22.0 Å². The summed E-state index contributed by atoms with van der Waals surface area (Å²) >= 11 is 5.88. The van der Waals surface area contributed by atoms with Crippen molar-refractivity contribution in [3.8, 4) is 0 Å². The normalized spacial score (nSPS) is 24.7. The van der Waals surface area contributed by atoms with Crippen LogP contribution < -0.4 is 5.32 Å². The number of rotatable bonds is 2. The summed E-state index contributed by atoms with van der Waals surface area (Å²) in [5, 5.41) is 14.4. The number of hydrogen-bond donors (Lipinski definition) is 1. The second kappa shape index (κ2) is 5.61. The molecule has 1 aromatic rings. The Hall–Kier alpha value is -1.66. The van der Waals surface area contributed by atoms with E-state index >= 15 is 0 Å². The van der Waals surface area contributed by atoms with Gasteiger partial charge in [-0.25, -0.2) is 0 Å². The van der Waals surface area contributed by atoms with Gasteiger partial charge in [0.1, 0.15) is 0 Å². The van der Waals surface area contributed by atoms with Gasteiger partial charge >= 0.3 is 0 Å². The number of amides is 1. The summed E-state index contributed by atoms with van der Waals surface area (Å²) in [5.41, 5.74) is 0.141. The molecule has 0 saturated carbocycles. The minimum Gasteiger partial charge on any atom is -0.338 e. The van der Waals surface area contributed by atoms with Crippen molar-refractivity contribution in [1.82, 2.24) is 10.2 Å². The molecule has 7 heteroatoms. The monoisotopic (exact) mass is 309 g/mol. The first-order valence-corrected chi connectivity index (χ1v) is 7.37. The molecular formula is C14H16ClN3O3. The van der Waals surface area contributed by atoms with Crippen molar-refractivity contribution in [3.05, 3.63) is 38.9 Å². The molecule has 1 N–H and O–H groups in total. The van der Waals surface area contributed by atoms with E-state index in [0.29, 0.717) is 30.5 Å². The maximum Gasteiger partial charge on any atom is 0.271 e. The van der Waals surface area contributed by atoms with Gasteiger partial charge < -0.3 is 10.2 Å². The molecule has 0 bridgehead atoms. The maximum atomic E-state index is 12.5. The van der Waals surface area contributed by atoms with Gasteiger partial charge in [-0.2, -0.15) is 0 Å². The summed E-state index contributed by atoms with van der Waals surface area (Å²) < 4.78 is 0. The van der Waals surface area contributed by atoms with Crippen LogP contribution in [0.5, 0.6) is 0 Å². The molecule has 0 aliphatic carbocycles. The van der Waals surface area contributed by atoms with Crippen LogP contribution in [-0.2, 0) is 0 Å². The molecule has 6 nitrogen and oxygen atoms in total. The maximum absolute atomic E-state index is 12.5. The van der Waals surface area contributed by atoms with E-state index in [9.17, 15) is 14.9 Å². The summed E-state index contributed by atoms with van der Waals surface area (Å²) in [5.74, 6) is 0.950. The smallest absolute Gasteiger partial charge is 0.271 e. The second-order valence-electron chi connectivity index (χ2n) is 5.67. The number of piperidine rings is 1. The Morgan fingerprint density at radius 2 is 2.10 bits per heavy atom. The molecule has 2 aliphatic heterocycles. The molecule has 1 amide bonds. The molecule has 2 fully saturated rings. The van der Waals surface area contributed by atoms with Gasteiger partial charge in [0.2, 0.25) is 0 Å². The molecule has 0 aromatic heterocycles. The van der Waals surface area contributed by atoms with Crippen LogP contribution in [0.25, 0.3) is 0 Å². The fraction of sp³-hybridized carbons (Fsp3) is 0.500. The third-order valence-electron chi connectivity index (χ3n) is 4.33. The number of carbonyl (C=O) groups is 1. The van der Waals surface area contributed by atoms with Gasteiger partial charge in [0.15, 0.2) is 0 Å². The van der Waals surface area contributed by atoms with Crippen LogP contribution in [0.3, 0.4) is 0 Å². The molecule has 2 atom stereocenters. The first-order chi connectivity index (χ1) is 10.0. The lowest BCUT2D eigenvalue weighted by atomic mass is 9.88. The molecule has 2 heterocycles. The van der Waals surface area contributed by atoms with Crippen molar-refractivity contribution in [2.75, 3.05) is 26.2 Å². The fourth-order valence-electron chi connectivity index (χ4n) is 3.20. The minimum atomic E-state index is -0.532. The SMILES string of the molecule is O=C(c1cc(Cl)cc([N+](=O)[O-])c1)N1CCC2CNCC2C1. The molecule has 0 radical (unpaired) electrons. The van der Waals surface area contributed by atoms with Gasteiger partial charge in [-0.05, 0) is 37.4 Å². The highest BCUT2D eigenvalue weighted by Gasteiger charge is 2.35. The Kier molecular flexibility index (Phi) is 3.82. The van der Waals surface area contributed by atoms with Gasteiger partial charge in [-0.1, -0.05) is 11.6 Å². The minimum absolute atomic E-state index is 0.150. The number of non-ortho nitro benzene ring substituents is 1. The number of halogens is 1. The van der Waals surface area contributed by atoms with E-state index in [4.69, 9.17) is 11.6 Å². The summed E-state index contributed by atoms with van der Waals surface area (Å²) in [7, 11) is 0. The molecule has 1 aromatic carbocycles. The number of fused-ring (bicyclic) bond motifs is 1. The molecular weight excluding hydrogens is 294 g/mol. The number of carbonyl (C=O) groups excluding carboxylic acids is 1. The van der Waals surface area contributed by atoms with Crippen molar-refractivity contribution in [1.29, 1.82) is 0 Å². The highest BCUT2D eigenvalue weighted by atomic mass is 35.5. The first kappa shape index (κ1) is 14.3. The second-order valence-corrected chi connectivity index (χ2v) is 6.11. The largest absolute Gasteiger partial charge is 0.338 e. The molecule has 0 spiro atoms. The van der Waals surface area contributed by atoms with Crippen molar-refractivity contribution in [2.24, 2.45) is 11.8 Å². The molecule has 2 unspecified atom stereocenters. The van der Waals surface area contributed by atoms with E-state index in [1.807, 2.05) is 0 Å². The van der Waals surface area contributed by atoms with E-state index in [0.717, 1.165) is 19.5 Å². The van der Waals surface area contributed by atoms with Crippen LogP contribution in [-0.4, -0.2) is 41.9 Å². The number of nitro benzene ring substituents is 1. The highest BCUT2D eigenvalue weighted by Crippen LogP contribution is 2.28. The van der Waals surface area contributed by atoms with Gasteiger partial charge in [0.25, 0.3) is 11.6 Å². The number of benzene rings is 1. The van der Waals surface area contributed by atoms with Crippen molar-refractivity contribution >= 4 is 23.2 Å². The summed E-state index contributed by atoms with van der Waals surface area (Å²) in [6.07, 6.45) is 0.978. The lowest BCUT2D eigenvalue weighted by molar-refractivity contribution is -0.384. The van der Waals surface area contributed by atoms with Crippen LogP contribution in [0.1, 0.15) is 16.8 Å². The quantitative estimate of drug-likeness (QED) is 0.669. The van der Waals surface area contributed by atoms with Crippen LogP contribution in [0.4, 0.5) is 5.69 Å². The topological polar surface area (TPSA) is 75.5 Å². The summed E-state index contributed by atoms with van der Waals surface area (Å²) in [6, 6.07) is 4.05. The third-order valence-corrected chi connectivity index (χ3v) is 4.55.